The molecule has 0 aliphatic rings. The Morgan fingerprint density at radius 3 is 2.41 bits per heavy atom. The maximum absolute atomic E-state index is 12.3. The molecule has 0 atom stereocenters. The van der Waals surface area contributed by atoms with Gasteiger partial charge in [0.2, 0.25) is 0 Å². The lowest BCUT2D eigenvalue weighted by Gasteiger charge is -2.10. The number of alkyl halides is 2. The van der Waals surface area contributed by atoms with E-state index in [1.807, 2.05) is 0 Å². The van der Waals surface area contributed by atoms with E-state index in [0.717, 1.165) is 0 Å². The van der Waals surface area contributed by atoms with Crippen LogP contribution in [0.5, 0.6) is 17.2 Å². The fourth-order valence-corrected chi connectivity index (χ4v) is 2.21. The van der Waals surface area contributed by atoms with Crippen LogP contribution < -0.4 is 14.2 Å². The quantitative estimate of drug-likeness (QED) is 0.352. The lowest BCUT2D eigenvalue weighted by Crippen LogP contribution is -2.04. The summed E-state index contributed by atoms with van der Waals surface area (Å²) in [7, 11) is 2.94. The van der Waals surface area contributed by atoms with Crippen molar-refractivity contribution in [3.8, 4) is 17.2 Å². The molecule has 0 bridgehead atoms. The van der Waals surface area contributed by atoms with Crippen LogP contribution in [0, 0.1) is 0 Å². The minimum atomic E-state index is -2.94. The summed E-state index contributed by atoms with van der Waals surface area (Å²) in [6.07, 6.45) is 2.96. The predicted molar refractivity (Wildman–Crippen MR) is 96.8 cm³/mol. The monoisotopic (exact) mass is 378 g/mol. The summed E-state index contributed by atoms with van der Waals surface area (Å²) in [5.41, 5.74) is 1.11. The van der Waals surface area contributed by atoms with Crippen molar-refractivity contribution in [2.45, 2.75) is 6.61 Å². The van der Waals surface area contributed by atoms with Gasteiger partial charge in [-0.25, -0.2) is 0 Å². The van der Waals surface area contributed by atoms with Gasteiger partial charge >= 0.3 is 6.61 Å². The van der Waals surface area contributed by atoms with Crippen molar-refractivity contribution < 1.29 is 32.5 Å². The molecule has 0 heterocycles. The fourth-order valence-electron chi connectivity index (χ4n) is 2.21. The summed E-state index contributed by atoms with van der Waals surface area (Å²) < 4.78 is 44.4. The highest BCUT2D eigenvalue weighted by atomic mass is 19.3. The highest BCUT2D eigenvalue weighted by molar-refractivity contribution is 6.06. The number of ketones is 1. The normalized spacial score (nSPS) is 11.0. The molecule has 0 saturated carbocycles. The zero-order chi connectivity index (χ0) is 19.6. The number of carbonyl (C=O) groups excluding carboxylic acids is 1. The first-order valence-electron chi connectivity index (χ1n) is 8.10. The summed E-state index contributed by atoms with van der Waals surface area (Å²) in [5.74, 6) is 0.528. The van der Waals surface area contributed by atoms with Crippen LogP contribution in [0.15, 0.2) is 48.5 Å². The minimum absolute atomic E-state index is 0.0694. The van der Waals surface area contributed by atoms with E-state index in [0.29, 0.717) is 30.1 Å². The van der Waals surface area contributed by atoms with Crippen molar-refractivity contribution in [1.82, 2.24) is 0 Å². The standard InChI is InChI=1S/C20H20F2O5/c1-24-11-12-26-16-7-5-15(6-8-16)17(23)9-3-14-4-10-18(27-20(21)22)19(13-14)25-2/h3-10,13,20H,11-12H2,1-2H3/b9-3+. The number of ether oxygens (including phenoxy) is 4. The first-order chi connectivity index (χ1) is 13.0. The zero-order valence-electron chi connectivity index (χ0n) is 15.0. The molecular formula is C20H20F2O5. The molecule has 0 aliphatic carbocycles. The van der Waals surface area contributed by atoms with Crippen LogP contribution in [0.1, 0.15) is 15.9 Å². The van der Waals surface area contributed by atoms with Crippen LogP contribution in [0.4, 0.5) is 8.78 Å². The Hall–Kier alpha value is -2.93. The molecule has 0 unspecified atom stereocenters. The van der Waals surface area contributed by atoms with Gasteiger partial charge in [0.15, 0.2) is 17.3 Å². The molecule has 2 rings (SSSR count). The van der Waals surface area contributed by atoms with Gasteiger partial charge in [0.1, 0.15) is 12.4 Å². The molecule has 0 amide bonds. The van der Waals surface area contributed by atoms with E-state index in [9.17, 15) is 13.6 Å². The lowest BCUT2D eigenvalue weighted by molar-refractivity contribution is -0.0512. The van der Waals surface area contributed by atoms with E-state index in [4.69, 9.17) is 14.2 Å². The molecule has 0 saturated heterocycles. The van der Waals surface area contributed by atoms with Crippen LogP contribution in [-0.4, -0.2) is 39.8 Å². The van der Waals surface area contributed by atoms with E-state index in [-0.39, 0.29) is 17.3 Å². The Balaban J connectivity index is 2.03. The van der Waals surface area contributed by atoms with Crippen LogP contribution in [0.3, 0.4) is 0 Å². The Bertz CT molecular complexity index is 772. The van der Waals surface area contributed by atoms with Crippen molar-refractivity contribution in [3.63, 3.8) is 0 Å². The average molecular weight is 378 g/mol. The lowest BCUT2D eigenvalue weighted by atomic mass is 10.1. The number of benzene rings is 2. The number of hydrogen-bond acceptors (Lipinski definition) is 5. The molecule has 0 N–H and O–H groups in total. The molecule has 0 fully saturated rings. The van der Waals surface area contributed by atoms with E-state index in [1.54, 1.807) is 43.5 Å². The molecule has 144 valence electrons. The number of rotatable bonds is 10. The number of methoxy groups -OCH3 is 2. The summed E-state index contributed by atoms with van der Waals surface area (Å²) in [6.45, 7) is -2.03. The molecule has 0 spiro atoms. The predicted octanol–water partition coefficient (Wildman–Crippen LogP) is 4.22. The first-order valence-corrected chi connectivity index (χ1v) is 8.10. The maximum Gasteiger partial charge on any atom is 0.387 e. The summed E-state index contributed by atoms with van der Waals surface area (Å²) in [4.78, 5) is 12.3. The van der Waals surface area contributed by atoms with Crippen molar-refractivity contribution in [3.05, 3.63) is 59.7 Å². The van der Waals surface area contributed by atoms with Gasteiger partial charge in [0.25, 0.3) is 0 Å². The summed E-state index contributed by atoms with van der Waals surface area (Å²) in [5, 5.41) is 0. The molecule has 7 heteroatoms. The molecule has 5 nitrogen and oxygen atoms in total. The summed E-state index contributed by atoms with van der Waals surface area (Å²) in [6, 6.07) is 11.2. The molecule has 27 heavy (non-hydrogen) atoms. The van der Waals surface area contributed by atoms with Gasteiger partial charge in [-0.3, -0.25) is 4.79 Å². The molecule has 0 aliphatic heterocycles. The van der Waals surface area contributed by atoms with E-state index >= 15 is 0 Å². The molecule has 2 aromatic rings. The molecule has 2 aromatic carbocycles. The highest BCUT2D eigenvalue weighted by Crippen LogP contribution is 2.29. The molecule has 0 aromatic heterocycles. The fraction of sp³-hybridized carbons (Fsp3) is 0.250. The van der Waals surface area contributed by atoms with Gasteiger partial charge in [-0.2, -0.15) is 8.78 Å². The van der Waals surface area contributed by atoms with Crippen molar-refractivity contribution in [2.24, 2.45) is 0 Å². The largest absolute Gasteiger partial charge is 0.493 e. The van der Waals surface area contributed by atoms with Gasteiger partial charge in [-0.05, 0) is 48.0 Å². The third kappa shape index (κ3) is 6.38. The smallest absolute Gasteiger partial charge is 0.387 e. The van der Waals surface area contributed by atoms with Crippen LogP contribution in [0.25, 0.3) is 6.08 Å². The van der Waals surface area contributed by atoms with E-state index < -0.39 is 6.61 Å². The third-order valence-corrected chi connectivity index (χ3v) is 3.53. The second-order valence-corrected chi connectivity index (χ2v) is 5.35. The van der Waals surface area contributed by atoms with E-state index in [1.165, 1.54) is 25.3 Å². The van der Waals surface area contributed by atoms with Gasteiger partial charge in [0, 0.05) is 12.7 Å². The highest BCUT2D eigenvalue weighted by Gasteiger charge is 2.10. The second kappa shape index (κ2) is 10.3. The SMILES string of the molecule is COCCOc1ccc(C(=O)/C=C/c2ccc(OC(F)F)c(OC)c2)cc1. The Morgan fingerprint density at radius 1 is 1.04 bits per heavy atom. The van der Waals surface area contributed by atoms with Gasteiger partial charge in [-0.15, -0.1) is 0 Å². The summed E-state index contributed by atoms with van der Waals surface area (Å²) >= 11 is 0. The Kier molecular flexibility index (Phi) is 7.76. The van der Waals surface area contributed by atoms with Gasteiger partial charge in [-0.1, -0.05) is 12.1 Å². The Morgan fingerprint density at radius 2 is 1.78 bits per heavy atom. The van der Waals surface area contributed by atoms with Crippen LogP contribution in [0.2, 0.25) is 0 Å². The van der Waals surface area contributed by atoms with Crippen molar-refractivity contribution >= 4 is 11.9 Å². The second-order valence-electron chi connectivity index (χ2n) is 5.35. The Labute approximate surface area is 156 Å². The molecule has 0 radical (unpaired) electrons. The number of allylic oxidation sites excluding steroid dienone is 1. The van der Waals surface area contributed by atoms with Crippen LogP contribution in [-0.2, 0) is 4.74 Å². The minimum Gasteiger partial charge on any atom is -0.493 e. The van der Waals surface area contributed by atoms with Gasteiger partial charge in [0.05, 0.1) is 13.7 Å². The number of halogens is 2. The van der Waals surface area contributed by atoms with Crippen LogP contribution >= 0.6 is 0 Å². The topological polar surface area (TPSA) is 54.0 Å². The number of carbonyl (C=O) groups is 1. The van der Waals surface area contributed by atoms with Crippen molar-refractivity contribution in [1.29, 1.82) is 0 Å². The zero-order valence-corrected chi connectivity index (χ0v) is 15.0. The first kappa shape index (κ1) is 20.4. The maximum atomic E-state index is 12.3. The molecular weight excluding hydrogens is 358 g/mol. The third-order valence-electron chi connectivity index (χ3n) is 3.53. The van der Waals surface area contributed by atoms with E-state index in [2.05, 4.69) is 4.74 Å². The average Bonchev–Trinajstić information content (AvgIpc) is 2.67. The number of hydrogen-bond donors (Lipinski definition) is 0. The van der Waals surface area contributed by atoms with Gasteiger partial charge < -0.3 is 18.9 Å². The van der Waals surface area contributed by atoms with Crippen molar-refractivity contribution in [2.75, 3.05) is 27.4 Å².